The normalized spacial score (nSPS) is 56.1. The highest BCUT2D eigenvalue weighted by atomic mass is 16.2. The van der Waals surface area contributed by atoms with Gasteiger partial charge in [-0.15, -0.1) is 0 Å². The number of hydrogen-bond donors (Lipinski definition) is 1. The van der Waals surface area contributed by atoms with Crippen LogP contribution in [0.4, 0.5) is 0 Å². The van der Waals surface area contributed by atoms with E-state index in [0.717, 1.165) is 24.2 Å². The van der Waals surface area contributed by atoms with E-state index in [-0.39, 0.29) is 5.92 Å². The summed E-state index contributed by atoms with van der Waals surface area (Å²) < 4.78 is 0. The van der Waals surface area contributed by atoms with Crippen LogP contribution >= 0.6 is 0 Å². The van der Waals surface area contributed by atoms with Crippen LogP contribution in [0.15, 0.2) is 0 Å². The zero-order valence-electron chi connectivity index (χ0n) is 14.0. The van der Waals surface area contributed by atoms with E-state index in [4.69, 9.17) is 0 Å². The summed E-state index contributed by atoms with van der Waals surface area (Å²) in [6.07, 6.45) is 10.9. The molecule has 4 fully saturated rings. The third-order valence-electron chi connectivity index (χ3n) is 8.16. The van der Waals surface area contributed by atoms with Crippen LogP contribution < -0.4 is 5.32 Å². The van der Waals surface area contributed by atoms with Gasteiger partial charge in [-0.05, 0) is 73.5 Å². The average molecular weight is 289 g/mol. The summed E-state index contributed by atoms with van der Waals surface area (Å²) in [5, 5.41) is 3.37. The molecule has 0 aromatic carbocycles. The molecule has 0 spiro atoms. The molecule has 0 bridgehead atoms. The molecular formula is C19H31NO. The van der Waals surface area contributed by atoms with Crippen molar-refractivity contribution in [3.8, 4) is 0 Å². The van der Waals surface area contributed by atoms with Crippen molar-refractivity contribution in [3.05, 3.63) is 0 Å². The summed E-state index contributed by atoms with van der Waals surface area (Å²) in [6, 6.07) is 0.452. The molecule has 4 rings (SSSR count). The van der Waals surface area contributed by atoms with Gasteiger partial charge in [0.05, 0.1) is 0 Å². The fraction of sp³-hybridized carbons (Fsp3) is 0.947. The molecule has 3 saturated carbocycles. The molecule has 1 unspecified atom stereocenters. The van der Waals surface area contributed by atoms with Crippen LogP contribution in [0.25, 0.3) is 0 Å². The molecular weight excluding hydrogens is 258 g/mol. The summed E-state index contributed by atoms with van der Waals surface area (Å²) in [5.41, 5.74) is 1.01. The lowest BCUT2D eigenvalue weighted by Crippen LogP contribution is -2.62. The van der Waals surface area contributed by atoms with E-state index < -0.39 is 0 Å². The van der Waals surface area contributed by atoms with Gasteiger partial charge in [-0.2, -0.15) is 0 Å². The van der Waals surface area contributed by atoms with Gasteiger partial charge in [-0.1, -0.05) is 27.2 Å². The van der Waals surface area contributed by atoms with Crippen LogP contribution in [0.2, 0.25) is 0 Å². The maximum absolute atomic E-state index is 12.1. The Hall–Kier alpha value is -0.530. The van der Waals surface area contributed by atoms with E-state index in [1.807, 2.05) is 0 Å². The predicted octanol–water partition coefficient (Wildman–Crippen LogP) is 4.14. The number of piperidine rings is 1. The fourth-order valence-electron chi connectivity index (χ4n) is 7.05. The molecule has 2 heteroatoms. The van der Waals surface area contributed by atoms with Crippen molar-refractivity contribution in [1.82, 2.24) is 5.32 Å². The largest absolute Gasteiger partial charge is 0.353 e. The van der Waals surface area contributed by atoms with E-state index in [0.29, 0.717) is 22.8 Å². The molecule has 0 aromatic heterocycles. The Morgan fingerprint density at radius 3 is 2.67 bits per heavy atom. The lowest BCUT2D eigenvalue weighted by atomic mass is 9.47. The highest BCUT2D eigenvalue weighted by Gasteiger charge is 2.58. The van der Waals surface area contributed by atoms with E-state index in [1.165, 1.54) is 44.9 Å². The third-order valence-corrected chi connectivity index (χ3v) is 8.16. The molecule has 21 heavy (non-hydrogen) atoms. The van der Waals surface area contributed by atoms with Crippen molar-refractivity contribution < 1.29 is 4.79 Å². The van der Waals surface area contributed by atoms with Gasteiger partial charge >= 0.3 is 0 Å². The molecule has 2 nitrogen and oxygen atoms in total. The molecule has 1 aliphatic heterocycles. The van der Waals surface area contributed by atoms with Crippen LogP contribution in [0.5, 0.6) is 0 Å². The van der Waals surface area contributed by atoms with Gasteiger partial charge in [-0.25, -0.2) is 0 Å². The highest BCUT2D eigenvalue weighted by molar-refractivity contribution is 5.79. The Morgan fingerprint density at radius 1 is 1.05 bits per heavy atom. The number of rotatable bonds is 0. The van der Waals surface area contributed by atoms with Gasteiger partial charge in [0.2, 0.25) is 5.91 Å². The second-order valence-corrected chi connectivity index (χ2v) is 9.21. The van der Waals surface area contributed by atoms with Crippen molar-refractivity contribution in [2.45, 2.75) is 78.2 Å². The number of nitrogens with one attached hydrogen (secondary N) is 1. The van der Waals surface area contributed by atoms with Crippen LogP contribution in [0.1, 0.15) is 72.1 Å². The van der Waals surface area contributed by atoms with E-state index in [1.54, 1.807) is 0 Å². The lowest BCUT2D eigenvalue weighted by molar-refractivity contribution is -0.142. The summed E-state index contributed by atoms with van der Waals surface area (Å²) in [5.74, 6) is 3.28. The Labute approximate surface area is 129 Å². The van der Waals surface area contributed by atoms with Crippen molar-refractivity contribution in [2.24, 2.45) is 34.5 Å². The standard InChI is InChI=1S/C19H31NO/c1-12-11-19(3)15-8-10-18(2)9-4-5-14(18)13(15)6-7-16(19)20-17(12)21/h12-16H,4-11H2,1-3H3,(H,20,21)/t12?,13-,14-,15-,16+,18-,19+/m0/s1. The molecule has 1 amide bonds. The highest BCUT2D eigenvalue weighted by Crippen LogP contribution is 2.64. The van der Waals surface area contributed by atoms with Crippen LogP contribution in [-0.4, -0.2) is 11.9 Å². The first kappa shape index (κ1) is 14.1. The van der Waals surface area contributed by atoms with E-state index in [2.05, 4.69) is 26.1 Å². The summed E-state index contributed by atoms with van der Waals surface area (Å²) in [7, 11) is 0. The molecule has 0 aromatic rings. The summed E-state index contributed by atoms with van der Waals surface area (Å²) in [4.78, 5) is 12.1. The predicted molar refractivity (Wildman–Crippen MR) is 84.7 cm³/mol. The zero-order valence-corrected chi connectivity index (χ0v) is 14.0. The average Bonchev–Trinajstić information content (AvgIpc) is 2.82. The van der Waals surface area contributed by atoms with E-state index in [9.17, 15) is 4.79 Å². The maximum Gasteiger partial charge on any atom is 0.223 e. The molecule has 118 valence electrons. The molecule has 1 N–H and O–H groups in total. The number of amides is 1. The van der Waals surface area contributed by atoms with Crippen LogP contribution in [0, 0.1) is 34.5 Å². The Balaban J connectivity index is 1.65. The minimum atomic E-state index is 0.210. The molecule has 3 aliphatic carbocycles. The SMILES string of the molecule is CC1C[C@@]2(C)[C@@H](CC[C@H]3[C@@H]4CCC[C@@]4(C)CC[C@@H]32)NC1=O. The van der Waals surface area contributed by atoms with Gasteiger partial charge in [0.15, 0.2) is 0 Å². The maximum atomic E-state index is 12.1. The van der Waals surface area contributed by atoms with E-state index >= 15 is 0 Å². The Kier molecular flexibility index (Phi) is 3.01. The van der Waals surface area contributed by atoms with Gasteiger partial charge in [0.1, 0.15) is 0 Å². The molecule has 4 aliphatic rings. The minimum Gasteiger partial charge on any atom is -0.353 e. The number of carbonyl (C=O) groups is 1. The zero-order chi connectivity index (χ0) is 14.8. The van der Waals surface area contributed by atoms with Crippen molar-refractivity contribution in [1.29, 1.82) is 0 Å². The quantitative estimate of drug-likeness (QED) is 0.713. The molecule has 0 radical (unpaired) electrons. The first-order valence-corrected chi connectivity index (χ1v) is 9.24. The number of fused-ring (bicyclic) bond motifs is 5. The van der Waals surface area contributed by atoms with Gasteiger partial charge in [0.25, 0.3) is 0 Å². The second kappa shape index (κ2) is 4.49. The smallest absolute Gasteiger partial charge is 0.223 e. The van der Waals surface area contributed by atoms with Crippen molar-refractivity contribution in [2.75, 3.05) is 0 Å². The second-order valence-electron chi connectivity index (χ2n) is 9.21. The topological polar surface area (TPSA) is 29.1 Å². The van der Waals surface area contributed by atoms with Crippen molar-refractivity contribution in [3.63, 3.8) is 0 Å². The first-order chi connectivity index (χ1) is 9.94. The third kappa shape index (κ3) is 1.86. The number of carbonyl (C=O) groups excluding carboxylic acids is 1. The van der Waals surface area contributed by atoms with Crippen molar-refractivity contribution >= 4 is 5.91 Å². The lowest BCUT2D eigenvalue weighted by Gasteiger charge is -2.60. The Morgan fingerprint density at radius 2 is 1.86 bits per heavy atom. The summed E-state index contributed by atoms with van der Waals surface area (Å²) >= 11 is 0. The minimum absolute atomic E-state index is 0.210. The first-order valence-electron chi connectivity index (χ1n) is 9.24. The molecule has 1 heterocycles. The van der Waals surface area contributed by atoms with Gasteiger partial charge in [0, 0.05) is 12.0 Å². The summed E-state index contributed by atoms with van der Waals surface area (Å²) in [6.45, 7) is 7.20. The fourth-order valence-corrected chi connectivity index (χ4v) is 7.05. The molecule has 7 atom stereocenters. The van der Waals surface area contributed by atoms with Gasteiger partial charge < -0.3 is 5.32 Å². The number of hydrogen-bond acceptors (Lipinski definition) is 1. The van der Waals surface area contributed by atoms with Crippen LogP contribution in [-0.2, 0) is 4.79 Å². The monoisotopic (exact) mass is 289 g/mol. The van der Waals surface area contributed by atoms with Gasteiger partial charge in [-0.3, -0.25) is 4.79 Å². The van der Waals surface area contributed by atoms with Crippen LogP contribution in [0.3, 0.4) is 0 Å². The molecule has 1 saturated heterocycles. The Bertz CT molecular complexity index is 460.